The third-order valence-electron chi connectivity index (χ3n) is 2.53. The highest BCUT2D eigenvalue weighted by Gasteiger charge is 2.09. The van der Waals surface area contributed by atoms with E-state index in [9.17, 15) is 4.79 Å². The summed E-state index contributed by atoms with van der Waals surface area (Å²) in [6.45, 7) is 2.12. The highest BCUT2D eigenvalue weighted by Crippen LogP contribution is 2.18. The average molecular weight is 245 g/mol. The molecule has 0 spiro atoms. The van der Waals surface area contributed by atoms with Gasteiger partial charge in [-0.15, -0.1) is 0 Å². The molecule has 0 fully saturated rings. The second kappa shape index (κ2) is 5.82. The lowest BCUT2D eigenvalue weighted by molar-refractivity contribution is 0.102. The molecule has 1 heterocycles. The number of hydrogen-bond donors (Lipinski definition) is 0. The molecule has 2 nitrogen and oxygen atoms in total. The largest absolute Gasteiger partial charge is 0.293 e. The zero-order valence-electron chi connectivity index (χ0n) is 9.85. The van der Waals surface area contributed by atoms with Crippen molar-refractivity contribution in [1.29, 1.82) is 0 Å². The third-order valence-corrected chi connectivity index (χ3v) is 3.69. The molecule has 0 aliphatic carbocycles. The summed E-state index contributed by atoms with van der Waals surface area (Å²) in [6, 6.07) is 9.55. The van der Waals surface area contributed by atoms with Crippen molar-refractivity contribution in [3.8, 4) is 0 Å². The van der Waals surface area contributed by atoms with Crippen molar-refractivity contribution < 1.29 is 4.79 Å². The van der Waals surface area contributed by atoms with E-state index in [1.807, 2.05) is 30.3 Å². The van der Waals surface area contributed by atoms with Crippen LogP contribution < -0.4 is 0 Å². The van der Waals surface area contributed by atoms with Gasteiger partial charge in [0, 0.05) is 17.1 Å². The van der Waals surface area contributed by atoms with Gasteiger partial charge in [-0.2, -0.15) is 11.8 Å². The molecule has 0 N–H and O–H groups in total. The van der Waals surface area contributed by atoms with Gasteiger partial charge in [-0.25, -0.2) is 0 Å². The second-order valence-corrected chi connectivity index (χ2v) is 4.96. The standard InChI is InChI=1S/C14H15NOS/c1-2-9-17-10-14(16)12-5-3-7-13-11(12)6-4-8-15-13/h3-8H,2,9-10H2,1H3. The number of rotatable bonds is 5. The summed E-state index contributed by atoms with van der Waals surface area (Å²) >= 11 is 1.69. The van der Waals surface area contributed by atoms with Crippen LogP contribution in [0.3, 0.4) is 0 Å². The van der Waals surface area contributed by atoms with Crippen molar-refractivity contribution in [3.63, 3.8) is 0 Å². The van der Waals surface area contributed by atoms with E-state index in [4.69, 9.17) is 0 Å². The predicted molar refractivity (Wildman–Crippen MR) is 73.7 cm³/mol. The van der Waals surface area contributed by atoms with Crippen LogP contribution in [0.5, 0.6) is 0 Å². The highest BCUT2D eigenvalue weighted by atomic mass is 32.2. The van der Waals surface area contributed by atoms with Crippen LogP contribution in [-0.2, 0) is 0 Å². The number of carbonyl (C=O) groups excluding carboxylic acids is 1. The quantitative estimate of drug-likeness (QED) is 0.596. The maximum Gasteiger partial charge on any atom is 0.173 e. The Hall–Kier alpha value is -1.35. The second-order valence-electron chi connectivity index (χ2n) is 3.85. The van der Waals surface area contributed by atoms with Gasteiger partial charge < -0.3 is 0 Å². The lowest BCUT2D eigenvalue weighted by Crippen LogP contribution is -2.04. The van der Waals surface area contributed by atoms with E-state index < -0.39 is 0 Å². The van der Waals surface area contributed by atoms with Crippen molar-refractivity contribution in [2.45, 2.75) is 13.3 Å². The molecule has 0 aliphatic heterocycles. The Bertz CT molecular complexity index is 519. The molecule has 0 saturated heterocycles. The molecule has 3 heteroatoms. The Labute approximate surface area is 105 Å². The van der Waals surface area contributed by atoms with Crippen LogP contribution >= 0.6 is 11.8 Å². The molecule has 0 amide bonds. The summed E-state index contributed by atoms with van der Waals surface area (Å²) < 4.78 is 0. The number of aromatic nitrogens is 1. The molecule has 1 aromatic carbocycles. The number of fused-ring (bicyclic) bond motifs is 1. The Morgan fingerprint density at radius 3 is 3.00 bits per heavy atom. The minimum atomic E-state index is 0.196. The molecule has 2 aromatic rings. The molecule has 2 rings (SSSR count). The first kappa shape index (κ1) is 12.1. The zero-order valence-corrected chi connectivity index (χ0v) is 10.7. The number of ketones is 1. The highest BCUT2D eigenvalue weighted by molar-refractivity contribution is 7.99. The molecule has 0 saturated carbocycles. The smallest absolute Gasteiger partial charge is 0.173 e. The molecule has 0 radical (unpaired) electrons. The van der Waals surface area contributed by atoms with E-state index in [1.165, 1.54) is 0 Å². The van der Waals surface area contributed by atoms with Crippen molar-refractivity contribution in [2.75, 3.05) is 11.5 Å². The Kier molecular flexibility index (Phi) is 4.15. The molecule has 0 unspecified atom stereocenters. The van der Waals surface area contributed by atoms with Crippen LogP contribution in [0.25, 0.3) is 10.9 Å². The monoisotopic (exact) mass is 245 g/mol. The SMILES string of the molecule is CCCSCC(=O)c1cccc2ncccc12. The summed E-state index contributed by atoms with van der Waals surface area (Å²) in [5.74, 6) is 1.79. The summed E-state index contributed by atoms with van der Waals surface area (Å²) in [5.41, 5.74) is 1.68. The van der Waals surface area contributed by atoms with Gasteiger partial charge in [-0.1, -0.05) is 25.1 Å². The van der Waals surface area contributed by atoms with E-state index in [0.717, 1.165) is 28.6 Å². The van der Waals surface area contributed by atoms with Crippen molar-refractivity contribution in [1.82, 2.24) is 4.98 Å². The Morgan fingerprint density at radius 2 is 2.18 bits per heavy atom. The summed E-state index contributed by atoms with van der Waals surface area (Å²) in [6.07, 6.45) is 2.86. The van der Waals surface area contributed by atoms with Crippen LogP contribution in [0.2, 0.25) is 0 Å². The van der Waals surface area contributed by atoms with Gasteiger partial charge in [-0.3, -0.25) is 9.78 Å². The van der Waals surface area contributed by atoms with Gasteiger partial charge in [-0.05, 0) is 24.3 Å². The predicted octanol–water partition coefficient (Wildman–Crippen LogP) is 3.56. The number of benzene rings is 1. The van der Waals surface area contributed by atoms with Gasteiger partial charge in [0.25, 0.3) is 0 Å². The number of carbonyl (C=O) groups is 1. The molecule has 17 heavy (non-hydrogen) atoms. The molecular formula is C14H15NOS. The molecular weight excluding hydrogens is 230 g/mol. The summed E-state index contributed by atoms with van der Waals surface area (Å²) in [5, 5.41) is 0.956. The first-order valence-corrected chi connectivity index (χ1v) is 6.93. The van der Waals surface area contributed by atoms with Crippen LogP contribution in [0.4, 0.5) is 0 Å². The van der Waals surface area contributed by atoms with Crippen molar-refractivity contribution in [2.24, 2.45) is 0 Å². The summed E-state index contributed by atoms with van der Waals surface area (Å²) in [7, 11) is 0. The van der Waals surface area contributed by atoms with Crippen LogP contribution in [0, 0.1) is 0 Å². The molecule has 0 aliphatic rings. The van der Waals surface area contributed by atoms with Gasteiger partial charge in [0.15, 0.2) is 5.78 Å². The first-order valence-electron chi connectivity index (χ1n) is 5.77. The molecule has 0 atom stereocenters. The normalized spacial score (nSPS) is 10.6. The van der Waals surface area contributed by atoms with Crippen LogP contribution in [0.1, 0.15) is 23.7 Å². The van der Waals surface area contributed by atoms with Crippen molar-refractivity contribution >= 4 is 28.4 Å². The minimum Gasteiger partial charge on any atom is -0.293 e. The van der Waals surface area contributed by atoms with Crippen LogP contribution in [-0.4, -0.2) is 22.3 Å². The van der Waals surface area contributed by atoms with Gasteiger partial charge in [0.2, 0.25) is 0 Å². The molecule has 0 bridgehead atoms. The van der Waals surface area contributed by atoms with Gasteiger partial charge in [0.1, 0.15) is 0 Å². The fourth-order valence-corrected chi connectivity index (χ4v) is 2.51. The topological polar surface area (TPSA) is 30.0 Å². The lowest BCUT2D eigenvalue weighted by atomic mass is 10.1. The fourth-order valence-electron chi connectivity index (χ4n) is 1.73. The maximum atomic E-state index is 12.1. The maximum absolute atomic E-state index is 12.1. The van der Waals surface area contributed by atoms with E-state index in [1.54, 1.807) is 18.0 Å². The first-order chi connectivity index (χ1) is 8.33. The zero-order chi connectivity index (χ0) is 12.1. The molecule has 1 aromatic heterocycles. The van der Waals surface area contributed by atoms with E-state index in [0.29, 0.717) is 5.75 Å². The van der Waals surface area contributed by atoms with Gasteiger partial charge in [0.05, 0.1) is 11.3 Å². The third kappa shape index (κ3) is 2.86. The van der Waals surface area contributed by atoms with E-state index in [-0.39, 0.29) is 5.78 Å². The minimum absolute atomic E-state index is 0.196. The Morgan fingerprint density at radius 1 is 1.29 bits per heavy atom. The average Bonchev–Trinajstić information content (AvgIpc) is 2.38. The summed E-state index contributed by atoms with van der Waals surface area (Å²) in [4.78, 5) is 16.3. The number of hydrogen-bond acceptors (Lipinski definition) is 3. The number of nitrogens with zero attached hydrogens (tertiary/aromatic N) is 1. The van der Waals surface area contributed by atoms with Gasteiger partial charge >= 0.3 is 0 Å². The number of Topliss-reactive ketones (excluding diaryl/α,β-unsaturated/α-hetero) is 1. The molecule has 88 valence electrons. The lowest BCUT2D eigenvalue weighted by Gasteiger charge is -2.04. The number of pyridine rings is 1. The van der Waals surface area contributed by atoms with Crippen LogP contribution in [0.15, 0.2) is 36.5 Å². The van der Waals surface area contributed by atoms with E-state index >= 15 is 0 Å². The Balaban J connectivity index is 2.26. The van der Waals surface area contributed by atoms with Crippen molar-refractivity contribution in [3.05, 3.63) is 42.1 Å². The fraction of sp³-hybridized carbons (Fsp3) is 0.286. The number of thioether (sulfide) groups is 1. The van der Waals surface area contributed by atoms with E-state index in [2.05, 4.69) is 11.9 Å².